The van der Waals surface area contributed by atoms with E-state index in [4.69, 9.17) is 4.74 Å². The molecule has 154 valence electrons. The molecule has 0 aliphatic carbocycles. The number of fused-ring (bicyclic) bond motifs is 1. The van der Waals surface area contributed by atoms with Gasteiger partial charge in [-0.05, 0) is 71.9 Å². The van der Waals surface area contributed by atoms with E-state index in [1.165, 1.54) is 12.8 Å². The molecule has 29 heavy (non-hydrogen) atoms. The molecule has 1 fully saturated rings. The second-order valence-corrected chi connectivity index (χ2v) is 11.3. The van der Waals surface area contributed by atoms with E-state index < -0.39 is 4.75 Å². The summed E-state index contributed by atoms with van der Waals surface area (Å²) < 4.78 is 7.41. The van der Waals surface area contributed by atoms with E-state index in [0.717, 1.165) is 32.5 Å². The number of nitrogens with zero attached hydrogens (tertiary/aromatic N) is 1. The molecule has 2 aliphatic heterocycles. The van der Waals surface area contributed by atoms with Crippen LogP contribution in [0.15, 0.2) is 50.2 Å². The van der Waals surface area contributed by atoms with Crippen molar-refractivity contribution in [1.29, 1.82) is 0 Å². The van der Waals surface area contributed by atoms with Crippen LogP contribution in [0, 0.1) is 12.8 Å². The lowest BCUT2D eigenvalue weighted by Crippen LogP contribution is -2.54. The monoisotopic (exact) mass is 537 g/mol. The van der Waals surface area contributed by atoms with Crippen molar-refractivity contribution >= 4 is 49.4 Å². The van der Waals surface area contributed by atoms with Crippen molar-refractivity contribution in [3.8, 4) is 5.75 Å². The Morgan fingerprint density at radius 3 is 2.76 bits per heavy atom. The number of thioether (sulfide) groups is 1. The van der Waals surface area contributed by atoms with E-state index in [1.807, 2.05) is 31.2 Å². The van der Waals surface area contributed by atoms with Gasteiger partial charge in [-0.15, -0.1) is 11.8 Å². The Labute approximate surface area is 193 Å². The fourth-order valence-electron chi connectivity index (χ4n) is 4.23. The van der Waals surface area contributed by atoms with Crippen LogP contribution in [-0.4, -0.2) is 41.7 Å². The molecule has 2 aromatic carbocycles. The van der Waals surface area contributed by atoms with Crippen LogP contribution < -0.4 is 4.74 Å². The summed E-state index contributed by atoms with van der Waals surface area (Å²) in [4.78, 5) is 17.5. The molecule has 1 saturated heterocycles. The molecule has 2 aromatic rings. The standard InChI is InChI=1S/C23H25Br2NO2S/c1-15-7-6-10-26(12-15)13-23(29-17-8-4-3-5-9-17)14-28-21-18(22(23)27)11-19(24)16(2)20(21)25/h3-5,8-9,11,15H,6-7,10,12-14H2,1-2H3/t15-,23+/m0/s1. The van der Waals surface area contributed by atoms with Crippen molar-refractivity contribution in [2.24, 2.45) is 5.92 Å². The summed E-state index contributed by atoms with van der Waals surface area (Å²) in [5.41, 5.74) is 1.71. The predicted octanol–water partition coefficient (Wildman–Crippen LogP) is 6.36. The Morgan fingerprint density at radius 2 is 2.03 bits per heavy atom. The Hall–Kier alpha value is -0.820. The summed E-state index contributed by atoms with van der Waals surface area (Å²) in [6.07, 6.45) is 2.46. The Kier molecular flexibility index (Phi) is 6.45. The fourth-order valence-corrected chi connectivity index (χ4v) is 6.78. The highest BCUT2D eigenvalue weighted by atomic mass is 79.9. The molecule has 0 saturated carbocycles. The minimum atomic E-state index is -0.653. The lowest BCUT2D eigenvalue weighted by molar-refractivity contribution is 0.0784. The highest BCUT2D eigenvalue weighted by molar-refractivity contribution is 9.11. The summed E-state index contributed by atoms with van der Waals surface area (Å²) in [5.74, 6) is 1.50. The van der Waals surface area contributed by atoms with Gasteiger partial charge in [0.1, 0.15) is 17.1 Å². The number of piperidine rings is 1. The van der Waals surface area contributed by atoms with Gasteiger partial charge >= 0.3 is 0 Å². The number of halogens is 2. The maximum Gasteiger partial charge on any atom is 0.187 e. The van der Waals surface area contributed by atoms with Gasteiger partial charge in [-0.3, -0.25) is 4.79 Å². The van der Waals surface area contributed by atoms with Gasteiger partial charge in [-0.25, -0.2) is 0 Å². The first kappa shape index (κ1) is 21.4. The van der Waals surface area contributed by atoms with E-state index in [0.29, 0.717) is 30.4 Å². The zero-order valence-corrected chi connectivity index (χ0v) is 20.7. The largest absolute Gasteiger partial charge is 0.490 e. The van der Waals surface area contributed by atoms with Gasteiger partial charge in [0, 0.05) is 22.5 Å². The van der Waals surface area contributed by atoms with Gasteiger partial charge in [0.15, 0.2) is 5.78 Å². The lowest BCUT2D eigenvalue weighted by atomic mass is 9.91. The normalized spacial score (nSPS) is 24.8. The van der Waals surface area contributed by atoms with Crippen molar-refractivity contribution in [1.82, 2.24) is 4.90 Å². The molecule has 0 N–H and O–H groups in total. The average molecular weight is 539 g/mol. The fraction of sp³-hybridized carbons (Fsp3) is 0.435. The van der Waals surface area contributed by atoms with Gasteiger partial charge in [-0.1, -0.05) is 41.1 Å². The molecule has 3 nitrogen and oxygen atoms in total. The zero-order valence-electron chi connectivity index (χ0n) is 16.7. The number of rotatable bonds is 4. The number of likely N-dealkylation sites (tertiary alicyclic amines) is 1. The molecule has 0 unspecified atom stereocenters. The van der Waals surface area contributed by atoms with Crippen molar-refractivity contribution < 1.29 is 9.53 Å². The summed E-state index contributed by atoms with van der Waals surface area (Å²) in [6, 6.07) is 12.1. The van der Waals surface area contributed by atoms with Crippen LogP contribution in [0.5, 0.6) is 5.75 Å². The third-order valence-electron chi connectivity index (χ3n) is 5.79. The summed E-state index contributed by atoms with van der Waals surface area (Å²) in [5, 5.41) is 0. The summed E-state index contributed by atoms with van der Waals surface area (Å²) in [7, 11) is 0. The van der Waals surface area contributed by atoms with Crippen LogP contribution in [0.4, 0.5) is 0 Å². The van der Waals surface area contributed by atoms with Crippen LogP contribution >= 0.6 is 43.6 Å². The first-order valence-corrected chi connectivity index (χ1v) is 12.4. The lowest BCUT2D eigenvalue weighted by Gasteiger charge is -2.42. The van der Waals surface area contributed by atoms with Crippen LogP contribution in [0.1, 0.15) is 35.7 Å². The topological polar surface area (TPSA) is 29.5 Å². The van der Waals surface area contributed by atoms with Crippen molar-refractivity contribution in [3.05, 3.63) is 56.5 Å². The molecule has 2 heterocycles. The molecule has 2 atom stereocenters. The third-order valence-corrected chi connectivity index (χ3v) is 8.90. The van der Waals surface area contributed by atoms with E-state index in [1.54, 1.807) is 11.8 Å². The average Bonchev–Trinajstić information content (AvgIpc) is 2.70. The summed E-state index contributed by atoms with van der Waals surface area (Å²) >= 11 is 8.89. The molecule has 2 aliphatic rings. The Bertz CT molecular complexity index is 921. The highest BCUT2D eigenvalue weighted by Gasteiger charge is 2.47. The smallest absolute Gasteiger partial charge is 0.187 e. The van der Waals surface area contributed by atoms with Gasteiger partial charge in [0.05, 0.1) is 10.0 Å². The van der Waals surface area contributed by atoms with Crippen LogP contribution in [-0.2, 0) is 0 Å². The van der Waals surface area contributed by atoms with Crippen LogP contribution in [0.25, 0.3) is 0 Å². The van der Waals surface area contributed by atoms with Crippen LogP contribution in [0.2, 0.25) is 0 Å². The second-order valence-electron chi connectivity index (χ2n) is 8.18. The third kappa shape index (κ3) is 4.32. The molecular formula is C23H25Br2NO2S. The maximum absolute atomic E-state index is 13.9. The van der Waals surface area contributed by atoms with Crippen molar-refractivity contribution in [3.63, 3.8) is 0 Å². The number of benzene rings is 2. The van der Waals surface area contributed by atoms with E-state index in [2.05, 4.69) is 55.8 Å². The van der Waals surface area contributed by atoms with Gasteiger partial charge in [0.25, 0.3) is 0 Å². The summed E-state index contributed by atoms with van der Waals surface area (Å²) in [6.45, 7) is 7.48. The first-order valence-electron chi connectivity index (χ1n) is 10.0. The van der Waals surface area contributed by atoms with E-state index in [9.17, 15) is 4.79 Å². The quantitative estimate of drug-likeness (QED) is 0.453. The van der Waals surface area contributed by atoms with Gasteiger partial charge in [-0.2, -0.15) is 0 Å². The number of carbonyl (C=O) groups excluding carboxylic acids is 1. The number of ketones is 1. The first-order chi connectivity index (χ1) is 13.9. The van der Waals surface area contributed by atoms with Crippen molar-refractivity contribution in [2.75, 3.05) is 26.2 Å². The molecule has 6 heteroatoms. The van der Waals surface area contributed by atoms with E-state index >= 15 is 0 Å². The number of hydrogen-bond donors (Lipinski definition) is 0. The number of hydrogen-bond acceptors (Lipinski definition) is 4. The molecule has 0 amide bonds. The van der Waals surface area contributed by atoms with E-state index in [-0.39, 0.29) is 5.78 Å². The molecule has 0 spiro atoms. The molecule has 0 radical (unpaired) electrons. The highest BCUT2D eigenvalue weighted by Crippen LogP contribution is 2.46. The Balaban J connectivity index is 1.73. The van der Waals surface area contributed by atoms with Crippen molar-refractivity contribution in [2.45, 2.75) is 36.3 Å². The minimum Gasteiger partial charge on any atom is -0.490 e. The maximum atomic E-state index is 13.9. The van der Waals surface area contributed by atoms with Gasteiger partial charge < -0.3 is 9.64 Å². The number of ether oxygens (including phenoxy) is 1. The number of carbonyl (C=O) groups is 1. The SMILES string of the molecule is Cc1c(Br)cc2c(c1Br)OC[C@@](CN1CCC[C@H](C)C1)(Sc1ccccc1)C2=O. The van der Waals surface area contributed by atoms with Crippen LogP contribution in [0.3, 0.4) is 0 Å². The molecule has 0 aromatic heterocycles. The molecular weight excluding hydrogens is 514 g/mol. The Morgan fingerprint density at radius 1 is 1.28 bits per heavy atom. The second kappa shape index (κ2) is 8.74. The molecule has 0 bridgehead atoms. The molecule has 4 rings (SSSR count). The zero-order chi connectivity index (χ0) is 20.6. The van der Waals surface area contributed by atoms with Gasteiger partial charge in [0.2, 0.25) is 0 Å². The predicted molar refractivity (Wildman–Crippen MR) is 126 cm³/mol. The minimum absolute atomic E-state index is 0.159. The number of Topliss-reactive ketones (excluding diaryl/α,β-unsaturated/α-hetero) is 1.